The van der Waals surface area contributed by atoms with E-state index in [0.29, 0.717) is 13.0 Å². The normalized spacial score (nSPS) is 20.0. The largest absolute Gasteiger partial charge is 0.481 e. The fourth-order valence-corrected chi connectivity index (χ4v) is 4.99. The Bertz CT molecular complexity index is 1040. The maximum atomic E-state index is 13.0. The van der Waals surface area contributed by atoms with Crippen molar-refractivity contribution in [2.75, 3.05) is 19.8 Å². The first-order valence-electron chi connectivity index (χ1n) is 12.1. The Labute approximate surface area is 205 Å². The topological polar surface area (TPSA) is 114 Å². The Morgan fingerprint density at radius 1 is 1.06 bits per heavy atom. The number of carboxylic acids is 1. The summed E-state index contributed by atoms with van der Waals surface area (Å²) in [7, 11) is 0. The number of amides is 2. The highest BCUT2D eigenvalue weighted by Crippen LogP contribution is 2.44. The van der Waals surface area contributed by atoms with Gasteiger partial charge in [-0.2, -0.15) is 0 Å². The number of carbonyl (C=O) groups is 3. The van der Waals surface area contributed by atoms with Crippen LogP contribution in [0.2, 0.25) is 0 Å². The van der Waals surface area contributed by atoms with E-state index in [1.807, 2.05) is 50.2 Å². The van der Waals surface area contributed by atoms with Gasteiger partial charge in [-0.05, 0) is 34.6 Å². The van der Waals surface area contributed by atoms with Crippen LogP contribution in [0.25, 0.3) is 11.1 Å². The SMILES string of the molecule is CC(C)C(NC(=O)OCC1c2ccccc2-c2ccccc21)C(=O)NC1CCOCC1CC(=O)O. The highest BCUT2D eigenvalue weighted by molar-refractivity contribution is 5.86. The zero-order valence-corrected chi connectivity index (χ0v) is 20.0. The van der Waals surface area contributed by atoms with Crippen LogP contribution < -0.4 is 10.6 Å². The molecule has 3 atom stereocenters. The van der Waals surface area contributed by atoms with Gasteiger partial charge in [-0.25, -0.2) is 4.79 Å². The molecule has 2 aliphatic rings. The zero-order chi connectivity index (χ0) is 24.9. The van der Waals surface area contributed by atoms with E-state index in [2.05, 4.69) is 22.8 Å². The lowest BCUT2D eigenvalue weighted by atomic mass is 9.92. The molecule has 35 heavy (non-hydrogen) atoms. The number of carboxylic acid groups (broad SMARTS) is 1. The predicted molar refractivity (Wildman–Crippen MR) is 130 cm³/mol. The average Bonchev–Trinajstić information content (AvgIpc) is 3.15. The first kappa shape index (κ1) is 24.7. The highest BCUT2D eigenvalue weighted by Gasteiger charge is 2.33. The fraction of sp³-hybridized carbons (Fsp3) is 0.444. The minimum atomic E-state index is -0.933. The molecule has 2 aromatic carbocycles. The first-order valence-corrected chi connectivity index (χ1v) is 12.1. The predicted octanol–water partition coefficient (Wildman–Crippen LogP) is 3.55. The standard InChI is InChI=1S/C27H32N2O6/c1-16(2)25(26(32)28-23-11-12-34-14-17(23)13-24(30)31)29-27(33)35-15-22-20-9-5-3-7-18(20)19-8-4-6-10-21(19)22/h3-10,16-17,22-23,25H,11-15H2,1-2H3,(H,28,32)(H,29,33)(H,30,31). The lowest BCUT2D eigenvalue weighted by Gasteiger charge is -2.33. The van der Waals surface area contributed by atoms with Crippen LogP contribution in [-0.2, 0) is 19.1 Å². The van der Waals surface area contributed by atoms with E-state index >= 15 is 0 Å². The van der Waals surface area contributed by atoms with Crippen LogP contribution in [0.3, 0.4) is 0 Å². The van der Waals surface area contributed by atoms with Gasteiger partial charge in [0.2, 0.25) is 5.91 Å². The fourth-order valence-electron chi connectivity index (χ4n) is 4.99. The molecule has 1 aliphatic carbocycles. The lowest BCUT2D eigenvalue weighted by molar-refractivity contribution is -0.140. The number of benzene rings is 2. The third kappa shape index (κ3) is 5.65. The molecule has 4 rings (SSSR count). The molecule has 8 heteroatoms. The molecule has 2 aromatic rings. The van der Waals surface area contributed by atoms with Crippen molar-refractivity contribution < 1.29 is 29.0 Å². The Morgan fingerprint density at radius 2 is 1.69 bits per heavy atom. The Morgan fingerprint density at radius 3 is 2.29 bits per heavy atom. The summed E-state index contributed by atoms with van der Waals surface area (Å²) in [6.07, 6.45) is -0.217. The van der Waals surface area contributed by atoms with Crippen LogP contribution in [0.4, 0.5) is 4.79 Å². The monoisotopic (exact) mass is 480 g/mol. The van der Waals surface area contributed by atoms with E-state index in [1.54, 1.807) is 0 Å². The van der Waals surface area contributed by atoms with Crippen molar-refractivity contribution >= 4 is 18.0 Å². The van der Waals surface area contributed by atoms with Crippen LogP contribution in [-0.4, -0.2) is 55.0 Å². The van der Waals surface area contributed by atoms with Crippen LogP contribution in [0.5, 0.6) is 0 Å². The summed E-state index contributed by atoms with van der Waals surface area (Å²) in [5.74, 6) is -1.85. The molecule has 0 saturated carbocycles. The molecule has 3 N–H and O–H groups in total. The van der Waals surface area contributed by atoms with Gasteiger partial charge >= 0.3 is 12.1 Å². The van der Waals surface area contributed by atoms with Gasteiger partial charge in [0.05, 0.1) is 13.0 Å². The summed E-state index contributed by atoms with van der Waals surface area (Å²) in [6, 6.07) is 15.1. The third-order valence-corrected chi connectivity index (χ3v) is 6.80. The Kier molecular flexibility index (Phi) is 7.70. The van der Waals surface area contributed by atoms with Crippen molar-refractivity contribution in [2.24, 2.45) is 11.8 Å². The number of aliphatic carboxylic acids is 1. The third-order valence-electron chi connectivity index (χ3n) is 6.80. The number of hydrogen-bond donors (Lipinski definition) is 3. The number of rotatable bonds is 8. The van der Waals surface area contributed by atoms with E-state index < -0.39 is 18.1 Å². The molecular formula is C27H32N2O6. The summed E-state index contributed by atoms with van der Waals surface area (Å²) in [6.45, 7) is 4.57. The molecule has 3 unspecified atom stereocenters. The van der Waals surface area contributed by atoms with Gasteiger partial charge in [-0.3, -0.25) is 9.59 Å². The van der Waals surface area contributed by atoms with E-state index in [0.717, 1.165) is 22.3 Å². The molecule has 186 valence electrons. The van der Waals surface area contributed by atoms with E-state index in [4.69, 9.17) is 14.6 Å². The molecule has 0 spiro atoms. The number of fused-ring (bicyclic) bond motifs is 3. The second-order valence-electron chi connectivity index (χ2n) is 9.53. The van der Waals surface area contributed by atoms with Gasteiger partial charge in [0.1, 0.15) is 12.6 Å². The maximum absolute atomic E-state index is 13.0. The summed E-state index contributed by atoms with van der Waals surface area (Å²) >= 11 is 0. The smallest absolute Gasteiger partial charge is 0.407 e. The van der Waals surface area contributed by atoms with Gasteiger partial charge < -0.3 is 25.2 Å². The van der Waals surface area contributed by atoms with Gasteiger partial charge in [0.15, 0.2) is 0 Å². The number of alkyl carbamates (subject to hydrolysis) is 1. The van der Waals surface area contributed by atoms with Crippen LogP contribution in [0.1, 0.15) is 43.7 Å². The summed E-state index contributed by atoms with van der Waals surface area (Å²) in [5, 5.41) is 14.8. The average molecular weight is 481 g/mol. The first-order chi connectivity index (χ1) is 16.8. The van der Waals surface area contributed by atoms with E-state index in [-0.39, 0.29) is 49.3 Å². The van der Waals surface area contributed by atoms with Crippen molar-refractivity contribution in [1.29, 1.82) is 0 Å². The van der Waals surface area contributed by atoms with Gasteiger partial charge in [-0.1, -0.05) is 62.4 Å². The van der Waals surface area contributed by atoms with Crippen molar-refractivity contribution in [1.82, 2.24) is 10.6 Å². The number of hydrogen-bond acceptors (Lipinski definition) is 5. The quantitative estimate of drug-likeness (QED) is 0.533. The molecular weight excluding hydrogens is 448 g/mol. The van der Waals surface area contributed by atoms with E-state index in [1.165, 1.54) is 0 Å². The maximum Gasteiger partial charge on any atom is 0.407 e. The molecule has 2 amide bonds. The molecule has 0 bridgehead atoms. The van der Waals surface area contributed by atoms with Crippen LogP contribution >= 0.6 is 0 Å². The number of ether oxygens (including phenoxy) is 2. The number of carbonyl (C=O) groups excluding carboxylic acids is 2. The molecule has 1 saturated heterocycles. The second-order valence-corrected chi connectivity index (χ2v) is 9.53. The molecule has 0 radical (unpaired) electrons. The molecule has 1 heterocycles. The van der Waals surface area contributed by atoms with Gasteiger partial charge in [0, 0.05) is 24.5 Å². The minimum absolute atomic E-state index is 0.0708. The molecule has 1 aliphatic heterocycles. The van der Waals surface area contributed by atoms with Crippen LogP contribution in [0.15, 0.2) is 48.5 Å². The zero-order valence-electron chi connectivity index (χ0n) is 20.0. The lowest BCUT2D eigenvalue weighted by Crippen LogP contribution is -2.55. The van der Waals surface area contributed by atoms with Gasteiger partial charge in [-0.15, -0.1) is 0 Å². The summed E-state index contributed by atoms with van der Waals surface area (Å²) in [4.78, 5) is 37.0. The van der Waals surface area contributed by atoms with Gasteiger partial charge in [0.25, 0.3) is 0 Å². The van der Waals surface area contributed by atoms with Crippen molar-refractivity contribution in [3.05, 3.63) is 59.7 Å². The highest BCUT2D eigenvalue weighted by atomic mass is 16.5. The molecule has 8 nitrogen and oxygen atoms in total. The molecule has 0 aromatic heterocycles. The van der Waals surface area contributed by atoms with Crippen LogP contribution in [0, 0.1) is 11.8 Å². The van der Waals surface area contributed by atoms with Crippen molar-refractivity contribution in [2.45, 2.75) is 44.7 Å². The Hall–Kier alpha value is -3.39. The van der Waals surface area contributed by atoms with E-state index in [9.17, 15) is 14.4 Å². The minimum Gasteiger partial charge on any atom is -0.481 e. The summed E-state index contributed by atoms with van der Waals surface area (Å²) < 4.78 is 11.0. The Balaban J connectivity index is 1.38. The van der Waals surface area contributed by atoms with Crippen molar-refractivity contribution in [3.63, 3.8) is 0 Å². The second kappa shape index (κ2) is 10.9. The molecule has 1 fully saturated rings. The number of nitrogens with one attached hydrogen (secondary N) is 2. The van der Waals surface area contributed by atoms with Crippen molar-refractivity contribution in [3.8, 4) is 11.1 Å². The summed E-state index contributed by atoms with van der Waals surface area (Å²) in [5.41, 5.74) is 4.51.